The summed E-state index contributed by atoms with van der Waals surface area (Å²) >= 11 is 0. The van der Waals surface area contributed by atoms with Crippen LogP contribution < -0.4 is 5.32 Å². The first-order valence-corrected chi connectivity index (χ1v) is 5.78. The summed E-state index contributed by atoms with van der Waals surface area (Å²) in [5, 5.41) is 7.78. The van der Waals surface area contributed by atoms with E-state index in [0.717, 1.165) is 31.2 Å². The van der Waals surface area contributed by atoms with Crippen molar-refractivity contribution >= 4 is 0 Å². The molecule has 1 heterocycles. The highest BCUT2D eigenvalue weighted by molar-refractivity contribution is 4.90. The highest BCUT2D eigenvalue weighted by atomic mass is 16.5. The largest absolute Gasteiger partial charge is 0.382 e. The SMILES string of the molecule is CCCNCC(COC)n1nc(C)nc1C. The van der Waals surface area contributed by atoms with E-state index in [0.29, 0.717) is 6.61 Å². The highest BCUT2D eigenvalue weighted by Crippen LogP contribution is 2.08. The molecule has 1 N–H and O–H groups in total. The van der Waals surface area contributed by atoms with E-state index in [-0.39, 0.29) is 6.04 Å². The molecule has 0 spiro atoms. The molecule has 0 fully saturated rings. The smallest absolute Gasteiger partial charge is 0.147 e. The second-order valence-electron chi connectivity index (χ2n) is 3.96. The Balaban J connectivity index is 2.64. The normalized spacial score (nSPS) is 13.0. The molecule has 1 aromatic heterocycles. The molecular weight excluding hydrogens is 204 g/mol. The van der Waals surface area contributed by atoms with Gasteiger partial charge in [-0.1, -0.05) is 6.92 Å². The molecule has 5 heteroatoms. The van der Waals surface area contributed by atoms with Crippen molar-refractivity contribution in [3.05, 3.63) is 11.6 Å². The predicted molar refractivity (Wildman–Crippen MR) is 63.6 cm³/mol. The Morgan fingerprint density at radius 3 is 2.69 bits per heavy atom. The van der Waals surface area contributed by atoms with E-state index in [1.54, 1.807) is 7.11 Å². The van der Waals surface area contributed by atoms with Gasteiger partial charge in [0, 0.05) is 13.7 Å². The first kappa shape index (κ1) is 13.1. The predicted octanol–water partition coefficient (Wildman–Crippen LogP) is 1.08. The average Bonchev–Trinajstić information content (AvgIpc) is 2.57. The summed E-state index contributed by atoms with van der Waals surface area (Å²) in [5.74, 6) is 1.76. The van der Waals surface area contributed by atoms with Gasteiger partial charge >= 0.3 is 0 Å². The van der Waals surface area contributed by atoms with E-state index in [1.807, 2.05) is 18.5 Å². The van der Waals surface area contributed by atoms with Gasteiger partial charge in [0.15, 0.2) is 0 Å². The molecule has 1 aromatic rings. The fourth-order valence-electron chi connectivity index (χ4n) is 1.74. The lowest BCUT2D eigenvalue weighted by atomic mass is 10.3. The lowest BCUT2D eigenvalue weighted by molar-refractivity contribution is 0.147. The second-order valence-corrected chi connectivity index (χ2v) is 3.96. The van der Waals surface area contributed by atoms with Crippen LogP contribution in [0.2, 0.25) is 0 Å². The molecule has 0 radical (unpaired) electrons. The number of nitrogens with zero attached hydrogens (tertiary/aromatic N) is 3. The lowest BCUT2D eigenvalue weighted by Crippen LogP contribution is -2.30. The van der Waals surface area contributed by atoms with Crippen molar-refractivity contribution in [3.8, 4) is 0 Å². The number of hydrogen-bond donors (Lipinski definition) is 1. The Labute approximate surface area is 97.2 Å². The molecule has 0 aliphatic rings. The van der Waals surface area contributed by atoms with Gasteiger partial charge in [0.2, 0.25) is 0 Å². The molecule has 0 aliphatic carbocycles. The lowest BCUT2D eigenvalue weighted by Gasteiger charge is -2.18. The van der Waals surface area contributed by atoms with E-state index in [1.165, 1.54) is 0 Å². The van der Waals surface area contributed by atoms with Crippen molar-refractivity contribution in [1.29, 1.82) is 0 Å². The average molecular weight is 226 g/mol. The van der Waals surface area contributed by atoms with Gasteiger partial charge in [0.1, 0.15) is 11.6 Å². The number of hydrogen-bond acceptors (Lipinski definition) is 4. The maximum Gasteiger partial charge on any atom is 0.147 e. The van der Waals surface area contributed by atoms with E-state index in [9.17, 15) is 0 Å². The highest BCUT2D eigenvalue weighted by Gasteiger charge is 2.14. The third-order valence-electron chi connectivity index (χ3n) is 2.42. The first-order chi connectivity index (χ1) is 7.69. The van der Waals surface area contributed by atoms with Crippen LogP contribution in [0.25, 0.3) is 0 Å². The van der Waals surface area contributed by atoms with Gasteiger partial charge in [0.25, 0.3) is 0 Å². The Bertz CT molecular complexity index is 311. The molecule has 1 unspecified atom stereocenters. The molecule has 0 saturated carbocycles. The van der Waals surface area contributed by atoms with Crippen molar-refractivity contribution in [2.75, 3.05) is 26.8 Å². The number of methoxy groups -OCH3 is 1. The van der Waals surface area contributed by atoms with Crippen molar-refractivity contribution in [3.63, 3.8) is 0 Å². The van der Waals surface area contributed by atoms with E-state index in [4.69, 9.17) is 4.74 Å². The topological polar surface area (TPSA) is 52.0 Å². The second kappa shape index (κ2) is 6.60. The van der Waals surface area contributed by atoms with Crippen LogP contribution in [0.4, 0.5) is 0 Å². The van der Waals surface area contributed by atoms with Crippen LogP contribution in [0, 0.1) is 13.8 Å². The minimum atomic E-state index is 0.220. The molecule has 1 rings (SSSR count). The summed E-state index contributed by atoms with van der Waals surface area (Å²) in [5.41, 5.74) is 0. The Hall–Kier alpha value is -0.940. The van der Waals surface area contributed by atoms with E-state index in [2.05, 4.69) is 22.3 Å². The van der Waals surface area contributed by atoms with Crippen molar-refractivity contribution in [1.82, 2.24) is 20.1 Å². The Kier molecular flexibility index (Phi) is 5.42. The molecule has 0 amide bonds. The molecule has 0 aromatic carbocycles. The zero-order valence-corrected chi connectivity index (χ0v) is 10.7. The third-order valence-corrected chi connectivity index (χ3v) is 2.42. The van der Waals surface area contributed by atoms with Crippen molar-refractivity contribution in [2.45, 2.75) is 33.2 Å². The molecule has 5 nitrogen and oxygen atoms in total. The van der Waals surface area contributed by atoms with Gasteiger partial charge in [-0.2, -0.15) is 5.10 Å². The third kappa shape index (κ3) is 3.57. The number of rotatable bonds is 7. The zero-order valence-electron chi connectivity index (χ0n) is 10.7. The van der Waals surface area contributed by atoms with E-state index < -0.39 is 0 Å². The van der Waals surface area contributed by atoms with Gasteiger partial charge in [-0.25, -0.2) is 9.67 Å². The summed E-state index contributed by atoms with van der Waals surface area (Å²) in [4.78, 5) is 4.31. The molecular formula is C11H22N4O. The minimum absolute atomic E-state index is 0.220. The Morgan fingerprint density at radius 2 is 2.19 bits per heavy atom. The molecule has 1 atom stereocenters. The summed E-state index contributed by atoms with van der Waals surface area (Å²) in [7, 11) is 1.71. The summed E-state index contributed by atoms with van der Waals surface area (Å²) in [6, 6.07) is 0.220. The Morgan fingerprint density at radius 1 is 1.44 bits per heavy atom. The molecule has 0 bridgehead atoms. The first-order valence-electron chi connectivity index (χ1n) is 5.78. The number of nitrogens with one attached hydrogen (secondary N) is 1. The van der Waals surface area contributed by atoms with Gasteiger partial charge in [-0.05, 0) is 26.8 Å². The minimum Gasteiger partial charge on any atom is -0.382 e. The van der Waals surface area contributed by atoms with Crippen LogP contribution in [0.5, 0.6) is 0 Å². The maximum absolute atomic E-state index is 5.22. The van der Waals surface area contributed by atoms with Gasteiger partial charge in [-0.3, -0.25) is 0 Å². The summed E-state index contributed by atoms with van der Waals surface area (Å²) in [6.07, 6.45) is 1.13. The van der Waals surface area contributed by atoms with E-state index >= 15 is 0 Å². The van der Waals surface area contributed by atoms with Crippen LogP contribution in [0.1, 0.15) is 31.0 Å². The molecule has 92 valence electrons. The van der Waals surface area contributed by atoms with Crippen LogP contribution in [-0.2, 0) is 4.74 Å². The van der Waals surface area contributed by atoms with Gasteiger partial charge in [0.05, 0.1) is 12.6 Å². The van der Waals surface area contributed by atoms with Crippen LogP contribution in [0.3, 0.4) is 0 Å². The number of aromatic nitrogens is 3. The summed E-state index contributed by atoms with van der Waals surface area (Å²) in [6.45, 7) is 8.58. The van der Waals surface area contributed by atoms with Crippen molar-refractivity contribution < 1.29 is 4.74 Å². The van der Waals surface area contributed by atoms with Crippen LogP contribution in [-0.4, -0.2) is 41.6 Å². The van der Waals surface area contributed by atoms with Crippen LogP contribution >= 0.6 is 0 Å². The fourth-order valence-corrected chi connectivity index (χ4v) is 1.74. The van der Waals surface area contributed by atoms with Crippen LogP contribution in [0.15, 0.2) is 0 Å². The molecule has 0 aliphatic heterocycles. The number of aryl methyl sites for hydroxylation is 2. The zero-order chi connectivity index (χ0) is 12.0. The number of ether oxygens (including phenoxy) is 1. The van der Waals surface area contributed by atoms with Crippen molar-refractivity contribution in [2.24, 2.45) is 0 Å². The monoisotopic (exact) mass is 226 g/mol. The maximum atomic E-state index is 5.22. The molecule has 0 saturated heterocycles. The van der Waals surface area contributed by atoms with Gasteiger partial charge < -0.3 is 10.1 Å². The standard InChI is InChI=1S/C11H22N4O/c1-5-6-12-7-11(8-16-4)15-10(3)13-9(2)14-15/h11-12H,5-8H2,1-4H3. The quantitative estimate of drug-likeness (QED) is 0.707. The van der Waals surface area contributed by atoms with Gasteiger partial charge in [-0.15, -0.1) is 0 Å². The fraction of sp³-hybridized carbons (Fsp3) is 0.818. The summed E-state index contributed by atoms with van der Waals surface area (Å²) < 4.78 is 7.17. The molecule has 16 heavy (non-hydrogen) atoms.